The van der Waals surface area contributed by atoms with Crippen LogP contribution in [0.1, 0.15) is 11.3 Å². The van der Waals surface area contributed by atoms with Crippen molar-refractivity contribution in [3.05, 3.63) is 34.5 Å². The Morgan fingerprint density at radius 1 is 1.46 bits per heavy atom. The number of fused-ring (bicyclic) bond motifs is 1. The fraction of sp³-hybridized carbons (Fsp3) is 0.200. The third kappa shape index (κ3) is 1.32. The van der Waals surface area contributed by atoms with Crippen molar-refractivity contribution in [2.75, 3.05) is 0 Å². The normalized spacial score (nSPS) is 11.0. The highest BCUT2D eigenvalue weighted by molar-refractivity contribution is 6.31. The van der Waals surface area contributed by atoms with Crippen molar-refractivity contribution < 1.29 is 5.11 Å². The molecule has 1 aromatic heterocycles. The van der Waals surface area contributed by atoms with Crippen molar-refractivity contribution >= 4 is 22.5 Å². The summed E-state index contributed by atoms with van der Waals surface area (Å²) in [7, 11) is 0. The van der Waals surface area contributed by atoms with E-state index in [9.17, 15) is 0 Å². The van der Waals surface area contributed by atoms with Crippen molar-refractivity contribution in [2.45, 2.75) is 13.5 Å². The minimum Gasteiger partial charge on any atom is -0.390 e. The van der Waals surface area contributed by atoms with Gasteiger partial charge in [0.2, 0.25) is 0 Å². The second-order valence-electron chi connectivity index (χ2n) is 3.08. The van der Waals surface area contributed by atoms with E-state index in [1.807, 2.05) is 25.1 Å². The first-order valence-electron chi connectivity index (χ1n) is 4.10. The molecule has 0 amide bonds. The second kappa shape index (κ2) is 3.05. The molecule has 68 valence electrons. The van der Waals surface area contributed by atoms with Crippen LogP contribution in [0.3, 0.4) is 0 Å². The topological polar surface area (TPSA) is 36.0 Å². The maximum Gasteiger partial charge on any atom is 0.0833 e. The van der Waals surface area contributed by atoms with Gasteiger partial charge in [0, 0.05) is 21.6 Å². The molecule has 0 unspecified atom stereocenters. The largest absolute Gasteiger partial charge is 0.390 e. The van der Waals surface area contributed by atoms with E-state index in [1.165, 1.54) is 0 Å². The summed E-state index contributed by atoms with van der Waals surface area (Å²) in [5.74, 6) is 0. The van der Waals surface area contributed by atoms with E-state index in [0.29, 0.717) is 5.02 Å². The molecule has 2 nitrogen and oxygen atoms in total. The smallest absolute Gasteiger partial charge is 0.0833 e. The van der Waals surface area contributed by atoms with Gasteiger partial charge in [0.25, 0.3) is 0 Å². The lowest BCUT2D eigenvalue weighted by atomic mass is 10.1. The summed E-state index contributed by atoms with van der Waals surface area (Å²) >= 11 is 5.84. The van der Waals surface area contributed by atoms with E-state index >= 15 is 0 Å². The zero-order valence-electron chi connectivity index (χ0n) is 7.26. The quantitative estimate of drug-likeness (QED) is 0.721. The highest BCUT2D eigenvalue weighted by Gasteiger charge is 2.05. The van der Waals surface area contributed by atoms with E-state index in [0.717, 1.165) is 22.2 Å². The number of aliphatic hydroxyl groups excluding tert-OH is 1. The van der Waals surface area contributed by atoms with Crippen LogP contribution in [0.4, 0.5) is 0 Å². The van der Waals surface area contributed by atoms with Crippen LogP contribution >= 0.6 is 11.6 Å². The molecule has 2 N–H and O–H groups in total. The van der Waals surface area contributed by atoms with E-state index in [1.54, 1.807) is 0 Å². The summed E-state index contributed by atoms with van der Waals surface area (Å²) in [5, 5.41) is 10.9. The lowest BCUT2D eigenvalue weighted by Crippen LogP contribution is -1.83. The first-order chi connectivity index (χ1) is 6.22. The molecule has 0 aliphatic rings. The summed E-state index contributed by atoms with van der Waals surface area (Å²) in [6.07, 6.45) is 0. The summed E-state index contributed by atoms with van der Waals surface area (Å²) < 4.78 is 0. The number of benzene rings is 1. The van der Waals surface area contributed by atoms with Gasteiger partial charge in [0.15, 0.2) is 0 Å². The Morgan fingerprint density at radius 2 is 2.23 bits per heavy atom. The summed E-state index contributed by atoms with van der Waals surface area (Å²) in [4.78, 5) is 3.12. The molecule has 0 aliphatic heterocycles. The van der Waals surface area contributed by atoms with Crippen molar-refractivity contribution in [1.82, 2.24) is 4.98 Å². The van der Waals surface area contributed by atoms with Crippen LogP contribution in [-0.4, -0.2) is 10.1 Å². The second-order valence-corrected chi connectivity index (χ2v) is 3.51. The number of aliphatic hydroxyl groups is 1. The lowest BCUT2D eigenvalue weighted by molar-refractivity contribution is 0.277. The van der Waals surface area contributed by atoms with Gasteiger partial charge in [-0.3, -0.25) is 0 Å². The van der Waals surface area contributed by atoms with Crippen molar-refractivity contribution in [2.24, 2.45) is 0 Å². The van der Waals surface area contributed by atoms with Crippen LogP contribution in [0.25, 0.3) is 10.9 Å². The Bertz CT molecular complexity index is 447. The van der Waals surface area contributed by atoms with E-state index < -0.39 is 0 Å². The fourth-order valence-electron chi connectivity index (χ4n) is 1.52. The lowest BCUT2D eigenvalue weighted by Gasteiger charge is -1.92. The van der Waals surface area contributed by atoms with Crippen LogP contribution in [0.15, 0.2) is 18.2 Å². The predicted molar refractivity (Wildman–Crippen MR) is 54.0 cm³/mol. The number of hydrogen-bond acceptors (Lipinski definition) is 1. The highest BCUT2D eigenvalue weighted by Crippen LogP contribution is 2.24. The van der Waals surface area contributed by atoms with Gasteiger partial charge in [-0.15, -0.1) is 0 Å². The molecule has 3 heteroatoms. The standard InChI is InChI=1S/C10H10ClNO/c1-6-8-3-2-7(11)4-9(8)12-10(6)5-13/h2-4,12-13H,5H2,1H3. The number of rotatable bonds is 1. The zero-order chi connectivity index (χ0) is 9.42. The van der Waals surface area contributed by atoms with Gasteiger partial charge in [0.05, 0.1) is 6.61 Å². The van der Waals surface area contributed by atoms with E-state index in [-0.39, 0.29) is 6.61 Å². The minimum atomic E-state index is 0.0398. The molecule has 0 spiro atoms. The average molecular weight is 196 g/mol. The SMILES string of the molecule is Cc1c(CO)[nH]c2cc(Cl)ccc12. The number of nitrogens with one attached hydrogen (secondary N) is 1. The molecule has 2 aromatic rings. The molecule has 0 saturated heterocycles. The molecule has 0 saturated carbocycles. The molecule has 0 bridgehead atoms. The van der Waals surface area contributed by atoms with E-state index in [2.05, 4.69) is 4.98 Å². The van der Waals surface area contributed by atoms with Crippen LogP contribution < -0.4 is 0 Å². The van der Waals surface area contributed by atoms with Gasteiger partial charge in [-0.05, 0) is 24.6 Å². The number of aryl methyl sites for hydroxylation is 1. The number of aromatic nitrogens is 1. The van der Waals surface area contributed by atoms with Gasteiger partial charge < -0.3 is 10.1 Å². The molecular formula is C10H10ClNO. The number of hydrogen-bond donors (Lipinski definition) is 2. The Labute approximate surface area is 81.1 Å². The first kappa shape index (κ1) is 8.60. The van der Waals surface area contributed by atoms with Gasteiger partial charge in [-0.25, -0.2) is 0 Å². The van der Waals surface area contributed by atoms with E-state index in [4.69, 9.17) is 16.7 Å². The molecule has 2 rings (SSSR count). The molecule has 1 aromatic carbocycles. The molecule has 0 atom stereocenters. The average Bonchev–Trinajstić information content (AvgIpc) is 2.42. The highest BCUT2D eigenvalue weighted by atomic mass is 35.5. The number of aromatic amines is 1. The summed E-state index contributed by atoms with van der Waals surface area (Å²) in [6.45, 7) is 2.02. The minimum absolute atomic E-state index is 0.0398. The molecular weight excluding hydrogens is 186 g/mol. The van der Waals surface area contributed by atoms with Gasteiger partial charge in [-0.2, -0.15) is 0 Å². The van der Waals surface area contributed by atoms with Crippen LogP contribution in [0.2, 0.25) is 5.02 Å². The van der Waals surface area contributed by atoms with Crippen molar-refractivity contribution in [3.8, 4) is 0 Å². The Balaban J connectivity index is 2.76. The maximum atomic E-state index is 9.02. The first-order valence-corrected chi connectivity index (χ1v) is 4.47. The fourth-order valence-corrected chi connectivity index (χ4v) is 1.70. The maximum absolute atomic E-state index is 9.02. The number of halogens is 1. The molecule has 1 heterocycles. The van der Waals surface area contributed by atoms with Crippen molar-refractivity contribution in [1.29, 1.82) is 0 Å². The Kier molecular flexibility index (Phi) is 2.02. The van der Waals surface area contributed by atoms with Crippen LogP contribution in [0, 0.1) is 6.92 Å². The van der Waals surface area contributed by atoms with Crippen LogP contribution in [-0.2, 0) is 6.61 Å². The van der Waals surface area contributed by atoms with Crippen LogP contribution in [0.5, 0.6) is 0 Å². The predicted octanol–water partition coefficient (Wildman–Crippen LogP) is 2.62. The van der Waals surface area contributed by atoms with Gasteiger partial charge in [-0.1, -0.05) is 17.7 Å². The third-order valence-electron chi connectivity index (χ3n) is 2.28. The Hall–Kier alpha value is -0.990. The summed E-state index contributed by atoms with van der Waals surface area (Å²) in [5.41, 5.74) is 2.93. The van der Waals surface area contributed by atoms with Gasteiger partial charge in [0.1, 0.15) is 0 Å². The third-order valence-corrected chi connectivity index (χ3v) is 2.52. The van der Waals surface area contributed by atoms with Gasteiger partial charge >= 0.3 is 0 Å². The molecule has 0 radical (unpaired) electrons. The molecule has 0 fully saturated rings. The monoisotopic (exact) mass is 195 g/mol. The molecule has 0 aliphatic carbocycles. The zero-order valence-corrected chi connectivity index (χ0v) is 8.02. The molecule has 13 heavy (non-hydrogen) atoms. The number of H-pyrrole nitrogens is 1. The van der Waals surface area contributed by atoms with Crippen molar-refractivity contribution in [3.63, 3.8) is 0 Å². The summed E-state index contributed by atoms with van der Waals surface area (Å²) in [6, 6.07) is 5.68. The Morgan fingerprint density at radius 3 is 2.92 bits per heavy atom.